The van der Waals surface area contributed by atoms with Gasteiger partial charge >= 0.3 is 7.12 Å². The second-order valence-electron chi connectivity index (χ2n) is 5.18. The Labute approximate surface area is 139 Å². The maximum Gasteiger partial charge on any atom is 0.475 e. The van der Waals surface area contributed by atoms with Crippen LogP contribution in [0.4, 0.5) is 0 Å². The maximum atomic E-state index is 11.9. The van der Waals surface area contributed by atoms with Crippen molar-refractivity contribution in [3.63, 3.8) is 0 Å². The van der Waals surface area contributed by atoms with E-state index < -0.39 is 13.1 Å². The predicted molar refractivity (Wildman–Crippen MR) is 91.1 cm³/mol. The average molecular weight is 337 g/mol. The van der Waals surface area contributed by atoms with E-state index in [0.29, 0.717) is 12.2 Å². The molecule has 23 heavy (non-hydrogen) atoms. The number of nitrogens with one attached hydrogen (secondary N) is 1. The number of hydrogen-bond donors (Lipinski definition) is 4. The van der Waals surface area contributed by atoms with Crippen LogP contribution < -0.4 is 5.32 Å². The van der Waals surface area contributed by atoms with Crippen LogP contribution >= 0.6 is 11.8 Å². The summed E-state index contributed by atoms with van der Waals surface area (Å²) in [5, 5.41) is 31.2. The highest BCUT2D eigenvalue weighted by Crippen LogP contribution is 2.22. The summed E-state index contributed by atoms with van der Waals surface area (Å²) in [6, 6.07) is 7.46. The van der Waals surface area contributed by atoms with Gasteiger partial charge in [0.15, 0.2) is 0 Å². The molecule has 1 amide bonds. The van der Waals surface area contributed by atoms with E-state index in [1.165, 1.54) is 11.8 Å². The predicted octanol–water partition coefficient (Wildman–Crippen LogP) is 0.588. The number of hydrogen-bond acceptors (Lipinski definition) is 6. The fraction of sp³-hybridized carbons (Fsp3) is 0.400. The fourth-order valence-corrected chi connectivity index (χ4v) is 2.98. The lowest BCUT2D eigenvalue weighted by molar-refractivity contribution is -0.118. The first kappa shape index (κ1) is 17.9. The van der Waals surface area contributed by atoms with E-state index in [2.05, 4.69) is 5.32 Å². The number of carbonyl (C=O) groups is 1. The van der Waals surface area contributed by atoms with Gasteiger partial charge in [0.05, 0.1) is 18.0 Å². The standard InChI is InChI=1S/C15H20BNO5S/c18-6-3-7-23-10-15(19)17-14(16(20)21)8-11-9-22-13-5-2-1-4-12(11)13/h1-2,4-5,9,14,18,20-21H,3,6-8,10H2,(H,17,19)/t14-/m0/s1. The molecule has 1 heterocycles. The Morgan fingerprint density at radius 2 is 2.13 bits per heavy atom. The quantitative estimate of drug-likeness (QED) is 0.394. The average Bonchev–Trinajstić information content (AvgIpc) is 2.94. The van der Waals surface area contributed by atoms with E-state index in [1.807, 2.05) is 24.3 Å². The third-order valence-electron chi connectivity index (χ3n) is 3.39. The second kappa shape index (κ2) is 8.98. The van der Waals surface area contributed by atoms with E-state index in [4.69, 9.17) is 9.52 Å². The van der Waals surface area contributed by atoms with Gasteiger partial charge in [0.1, 0.15) is 5.58 Å². The fourth-order valence-electron chi connectivity index (χ4n) is 2.24. The van der Waals surface area contributed by atoms with Crippen molar-refractivity contribution >= 4 is 35.8 Å². The number of carbonyl (C=O) groups excluding carboxylic acids is 1. The highest BCUT2D eigenvalue weighted by molar-refractivity contribution is 7.99. The van der Waals surface area contributed by atoms with Crippen molar-refractivity contribution in [2.45, 2.75) is 18.8 Å². The van der Waals surface area contributed by atoms with E-state index in [9.17, 15) is 14.8 Å². The molecule has 8 heteroatoms. The van der Waals surface area contributed by atoms with Crippen LogP contribution in [0.2, 0.25) is 0 Å². The van der Waals surface area contributed by atoms with Crippen LogP contribution in [0.3, 0.4) is 0 Å². The minimum atomic E-state index is -1.66. The molecule has 0 unspecified atom stereocenters. The highest BCUT2D eigenvalue weighted by atomic mass is 32.2. The number of aliphatic hydroxyl groups excluding tert-OH is 1. The van der Waals surface area contributed by atoms with Gasteiger partial charge in [-0.25, -0.2) is 0 Å². The number of benzene rings is 1. The van der Waals surface area contributed by atoms with Gasteiger partial charge in [-0.15, -0.1) is 0 Å². The number of rotatable bonds is 9. The van der Waals surface area contributed by atoms with Crippen LogP contribution in [0, 0.1) is 0 Å². The largest absolute Gasteiger partial charge is 0.475 e. The summed E-state index contributed by atoms with van der Waals surface area (Å²) in [4.78, 5) is 11.9. The van der Waals surface area contributed by atoms with Crippen LogP contribution in [0.15, 0.2) is 34.9 Å². The first-order valence-electron chi connectivity index (χ1n) is 7.41. The molecule has 0 saturated carbocycles. The number of para-hydroxylation sites is 1. The number of amides is 1. The summed E-state index contributed by atoms with van der Waals surface area (Å²) in [5.41, 5.74) is 1.53. The van der Waals surface area contributed by atoms with Gasteiger partial charge in [-0.1, -0.05) is 18.2 Å². The molecule has 0 spiro atoms. The molecule has 6 nitrogen and oxygen atoms in total. The van der Waals surface area contributed by atoms with E-state index in [0.717, 1.165) is 16.5 Å². The van der Waals surface area contributed by atoms with E-state index in [1.54, 1.807) is 6.26 Å². The molecule has 0 bridgehead atoms. The normalized spacial score (nSPS) is 12.3. The smallest absolute Gasteiger partial charge is 0.464 e. The van der Waals surface area contributed by atoms with Gasteiger partial charge in [-0.05, 0) is 30.2 Å². The summed E-state index contributed by atoms with van der Waals surface area (Å²) in [7, 11) is -1.66. The molecule has 1 atom stereocenters. The Morgan fingerprint density at radius 1 is 1.35 bits per heavy atom. The lowest BCUT2D eigenvalue weighted by atomic mass is 9.76. The monoisotopic (exact) mass is 337 g/mol. The van der Waals surface area contributed by atoms with Crippen LogP contribution in [-0.4, -0.2) is 52.2 Å². The molecule has 0 aliphatic rings. The van der Waals surface area contributed by atoms with Gasteiger partial charge in [0.2, 0.25) is 5.91 Å². The number of aliphatic hydroxyl groups is 1. The maximum absolute atomic E-state index is 11.9. The summed E-state index contributed by atoms with van der Waals surface area (Å²) in [6.45, 7) is 0.0974. The summed E-state index contributed by atoms with van der Waals surface area (Å²) in [5.74, 6) is -0.168. The zero-order chi connectivity index (χ0) is 16.7. The van der Waals surface area contributed by atoms with Gasteiger partial charge in [-0.2, -0.15) is 11.8 Å². The molecular formula is C15H20BNO5S. The minimum Gasteiger partial charge on any atom is -0.464 e. The van der Waals surface area contributed by atoms with E-state index in [-0.39, 0.29) is 24.7 Å². The zero-order valence-electron chi connectivity index (χ0n) is 12.6. The molecule has 2 rings (SSSR count). The van der Waals surface area contributed by atoms with Crippen molar-refractivity contribution in [1.29, 1.82) is 0 Å². The van der Waals surface area contributed by atoms with Crippen LogP contribution in [0.1, 0.15) is 12.0 Å². The van der Waals surface area contributed by atoms with Crippen molar-refractivity contribution in [2.24, 2.45) is 0 Å². The Morgan fingerprint density at radius 3 is 2.87 bits per heavy atom. The molecule has 0 fully saturated rings. The molecule has 4 N–H and O–H groups in total. The van der Waals surface area contributed by atoms with Crippen LogP contribution in [0.5, 0.6) is 0 Å². The lowest BCUT2D eigenvalue weighted by Crippen LogP contribution is -2.48. The first-order chi connectivity index (χ1) is 11.1. The molecule has 2 aromatic rings. The van der Waals surface area contributed by atoms with Gasteiger partial charge in [0, 0.05) is 12.0 Å². The second-order valence-corrected chi connectivity index (χ2v) is 6.28. The van der Waals surface area contributed by atoms with Crippen LogP contribution in [-0.2, 0) is 11.2 Å². The third-order valence-corrected chi connectivity index (χ3v) is 4.43. The van der Waals surface area contributed by atoms with Crippen molar-refractivity contribution in [1.82, 2.24) is 5.32 Å². The topological polar surface area (TPSA) is 103 Å². The van der Waals surface area contributed by atoms with Gasteiger partial charge in [-0.3, -0.25) is 4.79 Å². The van der Waals surface area contributed by atoms with Gasteiger partial charge in [0.25, 0.3) is 0 Å². The molecular weight excluding hydrogens is 317 g/mol. The zero-order valence-corrected chi connectivity index (χ0v) is 13.5. The number of furan rings is 1. The van der Waals surface area contributed by atoms with Crippen molar-refractivity contribution in [2.75, 3.05) is 18.1 Å². The summed E-state index contributed by atoms with van der Waals surface area (Å²) < 4.78 is 5.42. The summed E-state index contributed by atoms with van der Waals surface area (Å²) >= 11 is 1.40. The highest BCUT2D eigenvalue weighted by Gasteiger charge is 2.26. The molecule has 1 aromatic carbocycles. The molecule has 0 aliphatic carbocycles. The Hall–Kier alpha value is -1.48. The van der Waals surface area contributed by atoms with Crippen LogP contribution in [0.25, 0.3) is 11.0 Å². The Balaban J connectivity index is 1.95. The Bertz CT molecular complexity index is 633. The molecule has 1 aromatic heterocycles. The first-order valence-corrected chi connectivity index (χ1v) is 8.56. The minimum absolute atomic E-state index is 0.0974. The van der Waals surface area contributed by atoms with Crippen molar-refractivity contribution < 1.29 is 24.4 Å². The summed E-state index contributed by atoms with van der Waals surface area (Å²) in [6.07, 6.45) is 2.47. The van der Waals surface area contributed by atoms with E-state index >= 15 is 0 Å². The third kappa shape index (κ3) is 5.28. The molecule has 0 saturated heterocycles. The molecule has 0 radical (unpaired) electrons. The number of thioether (sulfide) groups is 1. The SMILES string of the molecule is O=C(CSCCCO)N[C@@H](Cc1coc2ccccc12)B(O)O. The number of fused-ring (bicyclic) bond motifs is 1. The lowest BCUT2D eigenvalue weighted by Gasteiger charge is -2.17. The van der Waals surface area contributed by atoms with Crippen molar-refractivity contribution in [3.05, 3.63) is 36.1 Å². The van der Waals surface area contributed by atoms with Crippen molar-refractivity contribution in [3.8, 4) is 0 Å². The van der Waals surface area contributed by atoms with Gasteiger partial charge < -0.3 is 24.9 Å². The molecule has 0 aliphatic heterocycles. The molecule has 124 valence electrons. The Kier molecular flexibility index (Phi) is 6.97.